The molecule has 140 valence electrons. The van der Waals surface area contributed by atoms with Crippen LogP contribution in [0.1, 0.15) is 22.8 Å². The van der Waals surface area contributed by atoms with Crippen LogP contribution < -0.4 is 10.0 Å². The number of benzene rings is 2. The van der Waals surface area contributed by atoms with Crippen molar-refractivity contribution >= 4 is 21.6 Å². The van der Waals surface area contributed by atoms with Crippen molar-refractivity contribution in [2.75, 3.05) is 19.0 Å². The number of ether oxygens (including phenoxy) is 1. The molecule has 8 heteroatoms. The monoisotopic (exact) mass is 380 g/mol. The number of anilines is 1. The van der Waals surface area contributed by atoms with E-state index in [4.69, 9.17) is 4.74 Å². The molecule has 0 bridgehead atoms. The van der Waals surface area contributed by atoms with Gasteiger partial charge in [0.05, 0.1) is 11.5 Å². The Labute approximate surface area is 152 Å². The number of nitrogens with one attached hydrogen (secondary N) is 2. The Morgan fingerprint density at radius 3 is 2.42 bits per heavy atom. The van der Waals surface area contributed by atoms with Gasteiger partial charge in [0.1, 0.15) is 5.82 Å². The van der Waals surface area contributed by atoms with Crippen LogP contribution in [0.2, 0.25) is 0 Å². The van der Waals surface area contributed by atoms with E-state index in [0.717, 1.165) is 6.07 Å². The maximum atomic E-state index is 13.6. The van der Waals surface area contributed by atoms with Crippen LogP contribution in [0.3, 0.4) is 0 Å². The highest BCUT2D eigenvalue weighted by molar-refractivity contribution is 7.89. The lowest BCUT2D eigenvalue weighted by Gasteiger charge is -2.13. The fourth-order valence-electron chi connectivity index (χ4n) is 2.27. The van der Waals surface area contributed by atoms with E-state index in [1.807, 2.05) is 0 Å². The lowest BCUT2D eigenvalue weighted by Crippen LogP contribution is -2.35. The first-order chi connectivity index (χ1) is 12.2. The van der Waals surface area contributed by atoms with Gasteiger partial charge in [0.15, 0.2) is 0 Å². The van der Waals surface area contributed by atoms with E-state index < -0.39 is 21.7 Å². The molecule has 1 atom stereocenters. The Kier molecular flexibility index (Phi) is 6.47. The van der Waals surface area contributed by atoms with Gasteiger partial charge in [-0.25, -0.2) is 17.5 Å². The van der Waals surface area contributed by atoms with E-state index in [1.165, 1.54) is 43.5 Å². The first kappa shape index (κ1) is 20.0. The van der Waals surface area contributed by atoms with Crippen molar-refractivity contribution in [1.29, 1.82) is 0 Å². The van der Waals surface area contributed by atoms with Crippen LogP contribution >= 0.6 is 0 Å². The summed E-state index contributed by atoms with van der Waals surface area (Å²) in [6.07, 6.45) is 0. The smallest absolute Gasteiger partial charge is 0.255 e. The first-order valence-electron chi connectivity index (χ1n) is 7.92. The van der Waals surface area contributed by atoms with E-state index in [0.29, 0.717) is 11.3 Å². The highest BCUT2D eigenvalue weighted by Crippen LogP contribution is 2.16. The fraction of sp³-hybridized carbons (Fsp3) is 0.278. The molecule has 26 heavy (non-hydrogen) atoms. The zero-order chi connectivity index (χ0) is 19.3. The Morgan fingerprint density at radius 1 is 1.19 bits per heavy atom. The van der Waals surface area contributed by atoms with Crippen molar-refractivity contribution in [2.45, 2.75) is 24.8 Å². The average Bonchev–Trinajstić information content (AvgIpc) is 2.57. The van der Waals surface area contributed by atoms with Crippen molar-refractivity contribution < 1.29 is 22.3 Å². The van der Waals surface area contributed by atoms with Crippen molar-refractivity contribution in [3.05, 3.63) is 59.4 Å². The molecule has 0 heterocycles. The number of carbonyl (C=O) groups excluding carboxylic acids is 1. The van der Waals surface area contributed by atoms with Crippen molar-refractivity contribution in [1.82, 2.24) is 4.72 Å². The third-order valence-corrected chi connectivity index (χ3v) is 5.23. The molecular formula is C18H21FN2O4S. The molecule has 0 saturated heterocycles. The fourth-order valence-corrected chi connectivity index (χ4v) is 3.50. The van der Waals surface area contributed by atoms with Gasteiger partial charge >= 0.3 is 0 Å². The van der Waals surface area contributed by atoms with Gasteiger partial charge < -0.3 is 10.1 Å². The summed E-state index contributed by atoms with van der Waals surface area (Å²) in [6.45, 7) is 3.55. The van der Waals surface area contributed by atoms with Gasteiger partial charge in [-0.2, -0.15) is 0 Å². The number of amides is 1. The highest BCUT2D eigenvalue weighted by atomic mass is 32.2. The van der Waals surface area contributed by atoms with Gasteiger partial charge in [-0.05, 0) is 55.8 Å². The number of halogens is 1. The topological polar surface area (TPSA) is 84.5 Å². The predicted molar refractivity (Wildman–Crippen MR) is 97.2 cm³/mol. The summed E-state index contributed by atoms with van der Waals surface area (Å²) in [6, 6.07) is 9.53. The quantitative estimate of drug-likeness (QED) is 0.774. The second kappa shape index (κ2) is 8.39. The predicted octanol–water partition coefficient (Wildman–Crippen LogP) is 2.70. The molecule has 2 N–H and O–H groups in total. The Bertz CT molecular complexity index is 883. The maximum absolute atomic E-state index is 13.6. The van der Waals surface area contributed by atoms with Gasteiger partial charge in [-0.1, -0.05) is 6.07 Å². The molecule has 0 radical (unpaired) electrons. The molecule has 0 saturated carbocycles. The van der Waals surface area contributed by atoms with Gasteiger partial charge in [-0.3, -0.25) is 4.79 Å². The van der Waals surface area contributed by atoms with E-state index in [-0.39, 0.29) is 23.1 Å². The molecule has 2 rings (SSSR count). The van der Waals surface area contributed by atoms with Crippen LogP contribution in [0, 0.1) is 12.7 Å². The second-order valence-electron chi connectivity index (χ2n) is 5.92. The van der Waals surface area contributed by atoms with Crippen molar-refractivity contribution in [3.63, 3.8) is 0 Å². The largest absolute Gasteiger partial charge is 0.383 e. The van der Waals surface area contributed by atoms with Gasteiger partial charge in [-0.15, -0.1) is 0 Å². The minimum atomic E-state index is -3.68. The highest BCUT2D eigenvalue weighted by Gasteiger charge is 2.17. The molecule has 0 spiro atoms. The summed E-state index contributed by atoms with van der Waals surface area (Å²) in [5, 5.41) is 2.60. The number of methoxy groups -OCH3 is 1. The standard InChI is InChI=1S/C18H21FN2O4S/c1-12-4-5-14(10-17(12)19)18(22)20-15-6-8-16(9-7-15)26(23,24)21-13(2)11-25-3/h4-10,13,21H,11H2,1-3H3,(H,20,22). The molecule has 0 aliphatic heterocycles. The third kappa shape index (κ3) is 5.10. The molecule has 6 nitrogen and oxygen atoms in total. The van der Waals surface area contributed by atoms with Crippen LogP contribution in [-0.4, -0.2) is 34.1 Å². The van der Waals surface area contributed by atoms with Gasteiger partial charge in [0, 0.05) is 24.4 Å². The maximum Gasteiger partial charge on any atom is 0.255 e. The SMILES string of the molecule is COCC(C)NS(=O)(=O)c1ccc(NC(=O)c2ccc(C)c(F)c2)cc1. The number of rotatable bonds is 7. The van der Waals surface area contributed by atoms with Crippen LogP contribution in [-0.2, 0) is 14.8 Å². The number of sulfonamides is 1. The van der Waals surface area contributed by atoms with Crippen molar-refractivity contribution in [3.8, 4) is 0 Å². The molecule has 1 unspecified atom stereocenters. The Hall–Kier alpha value is -2.29. The summed E-state index contributed by atoms with van der Waals surface area (Å²) in [5.41, 5.74) is 1.03. The van der Waals surface area contributed by atoms with Gasteiger partial charge in [0.25, 0.3) is 5.91 Å². The molecule has 2 aromatic carbocycles. The summed E-state index contributed by atoms with van der Waals surface area (Å²) < 4.78 is 45.4. The molecule has 0 fully saturated rings. The minimum Gasteiger partial charge on any atom is -0.383 e. The van der Waals surface area contributed by atoms with Crippen LogP contribution in [0.25, 0.3) is 0 Å². The lowest BCUT2D eigenvalue weighted by molar-refractivity contribution is 0.102. The van der Waals surface area contributed by atoms with Crippen LogP contribution in [0.15, 0.2) is 47.4 Å². The normalized spacial score (nSPS) is 12.6. The zero-order valence-corrected chi connectivity index (χ0v) is 15.6. The number of carbonyl (C=O) groups is 1. The van der Waals surface area contributed by atoms with E-state index in [9.17, 15) is 17.6 Å². The van der Waals surface area contributed by atoms with Crippen LogP contribution in [0.4, 0.5) is 10.1 Å². The average molecular weight is 380 g/mol. The summed E-state index contributed by atoms with van der Waals surface area (Å²) in [7, 11) is -2.19. The minimum absolute atomic E-state index is 0.0693. The number of hydrogen-bond donors (Lipinski definition) is 2. The lowest BCUT2D eigenvalue weighted by atomic mass is 10.1. The number of aryl methyl sites for hydroxylation is 1. The molecule has 0 aliphatic carbocycles. The number of hydrogen-bond acceptors (Lipinski definition) is 4. The third-order valence-electron chi connectivity index (χ3n) is 3.63. The molecular weight excluding hydrogens is 359 g/mol. The zero-order valence-electron chi connectivity index (χ0n) is 14.7. The van der Waals surface area contributed by atoms with Crippen molar-refractivity contribution in [2.24, 2.45) is 0 Å². The Morgan fingerprint density at radius 2 is 1.85 bits per heavy atom. The summed E-state index contributed by atoms with van der Waals surface area (Å²) in [5.74, 6) is -0.943. The molecule has 0 aromatic heterocycles. The molecule has 1 amide bonds. The van der Waals surface area contributed by atoms with E-state index in [2.05, 4.69) is 10.0 Å². The summed E-state index contributed by atoms with van der Waals surface area (Å²) in [4.78, 5) is 12.2. The van der Waals surface area contributed by atoms with Gasteiger partial charge in [0.2, 0.25) is 10.0 Å². The molecule has 2 aromatic rings. The van der Waals surface area contributed by atoms with E-state index in [1.54, 1.807) is 13.8 Å². The van der Waals surface area contributed by atoms with E-state index >= 15 is 0 Å². The molecule has 0 aliphatic rings. The summed E-state index contributed by atoms with van der Waals surface area (Å²) >= 11 is 0. The Balaban J connectivity index is 2.09. The first-order valence-corrected chi connectivity index (χ1v) is 9.40. The second-order valence-corrected chi connectivity index (χ2v) is 7.63. The van der Waals surface area contributed by atoms with Crippen LogP contribution in [0.5, 0.6) is 0 Å².